The smallest absolute Gasteiger partial charge is 0.269 e. The number of carbonyl (C=O) groups is 1. The molecule has 1 aliphatic carbocycles. The third-order valence-corrected chi connectivity index (χ3v) is 4.23. The third-order valence-electron chi connectivity index (χ3n) is 4.23. The van der Waals surface area contributed by atoms with Crippen LogP contribution in [0.2, 0.25) is 0 Å². The van der Waals surface area contributed by atoms with Crippen molar-refractivity contribution in [2.45, 2.75) is 38.5 Å². The minimum absolute atomic E-state index is 0.311. The average molecular weight is 269 g/mol. The van der Waals surface area contributed by atoms with Crippen molar-refractivity contribution in [1.82, 2.24) is 9.97 Å². The molecular formula is C16H19N3O. The maximum atomic E-state index is 11.7. The zero-order chi connectivity index (χ0) is 14.1. The van der Waals surface area contributed by atoms with Gasteiger partial charge in [0.15, 0.2) is 0 Å². The van der Waals surface area contributed by atoms with E-state index in [1.165, 1.54) is 12.8 Å². The molecule has 1 amide bonds. The SMILES string of the molecule is CC1CCC(c2nc3ccccc3nc2C(N)=O)CC1. The van der Waals surface area contributed by atoms with Crippen molar-refractivity contribution in [3.63, 3.8) is 0 Å². The first-order chi connectivity index (χ1) is 9.65. The summed E-state index contributed by atoms with van der Waals surface area (Å²) in [5.74, 6) is 0.597. The summed E-state index contributed by atoms with van der Waals surface area (Å²) in [6.07, 6.45) is 4.48. The van der Waals surface area contributed by atoms with Gasteiger partial charge in [0.05, 0.1) is 16.7 Å². The van der Waals surface area contributed by atoms with Gasteiger partial charge >= 0.3 is 0 Å². The van der Waals surface area contributed by atoms with Crippen molar-refractivity contribution in [3.05, 3.63) is 35.7 Å². The van der Waals surface area contributed by atoms with Gasteiger partial charge in [0.1, 0.15) is 5.69 Å². The monoisotopic (exact) mass is 269 g/mol. The molecular weight excluding hydrogens is 250 g/mol. The van der Waals surface area contributed by atoms with E-state index in [-0.39, 0.29) is 0 Å². The van der Waals surface area contributed by atoms with Gasteiger partial charge in [-0.15, -0.1) is 0 Å². The quantitative estimate of drug-likeness (QED) is 0.911. The Balaban J connectivity index is 2.07. The largest absolute Gasteiger partial charge is 0.364 e. The Bertz CT molecular complexity index is 645. The minimum atomic E-state index is -0.475. The molecule has 0 saturated heterocycles. The number of fused-ring (bicyclic) bond motifs is 1. The molecule has 0 radical (unpaired) electrons. The second-order valence-electron chi connectivity index (χ2n) is 5.77. The van der Waals surface area contributed by atoms with Crippen molar-refractivity contribution >= 4 is 16.9 Å². The molecule has 1 aromatic heterocycles. The summed E-state index contributed by atoms with van der Waals surface area (Å²) >= 11 is 0. The number of rotatable bonds is 2. The van der Waals surface area contributed by atoms with Crippen LogP contribution in [0.5, 0.6) is 0 Å². The summed E-state index contributed by atoms with van der Waals surface area (Å²) < 4.78 is 0. The molecule has 1 saturated carbocycles. The molecule has 0 atom stereocenters. The van der Waals surface area contributed by atoms with E-state index in [1.54, 1.807) is 0 Å². The zero-order valence-corrected chi connectivity index (χ0v) is 11.7. The number of amides is 1. The second-order valence-corrected chi connectivity index (χ2v) is 5.77. The second kappa shape index (κ2) is 5.19. The highest BCUT2D eigenvalue weighted by molar-refractivity contribution is 5.94. The number of nitrogens with zero attached hydrogens (tertiary/aromatic N) is 2. The highest BCUT2D eigenvalue weighted by Crippen LogP contribution is 2.36. The van der Waals surface area contributed by atoms with E-state index in [4.69, 9.17) is 5.73 Å². The van der Waals surface area contributed by atoms with Crippen LogP contribution in [0.3, 0.4) is 0 Å². The topological polar surface area (TPSA) is 68.9 Å². The summed E-state index contributed by atoms with van der Waals surface area (Å²) in [6.45, 7) is 2.28. The van der Waals surface area contributed by atoms with E-state index in [2.05, 4.69) is 16.9 Å². The molecule has 3 rings (SSSR count). The molecule has 20 heavy (non-hydrogen) atoms. The maximum Gasteiger partial charge on any atom is 0.269 e. The lowest BCUT2D eigenvalue weighted by atomic mass is 9.80. The maximum absolute atomic E-state index is 11.7. The van der Waals surface area contributed by atoms with E-state index in [0.29, 0.717) is 11.6 Å². The number of para-hydroxylation sites is 2. The van der Waals surface area contributed by atoms with Crippen LogP contribution >= 0.6 is 0 Å². The van der Waals surface area contributed by atoms with Crippen LogP contribution in [-0.4, -0.2) is 15.9 Å². The first kappa shape index (κ1) is 13.0. The van der Waals surface area contributed by atoms with Gasteiger partial charge in [-0.2, -0.15) is 0 Å². The van der Waals surface area contributed by atoms with Gasteiger partial charge < -0.3 is 5.73 Å². The molecule has 1 fully saturated rings. The van der Waals surface area contributed by atoms with Crippen LogP contribution in [0.1, 0.15) is 54.7 Å². The molecule has 0 unspecified atom stereocenters. The van der Waals surface area contributed by atoms with Crippen LogP contribution in [0.25, 0.3) is 11.0 Å². The number of nitrogens with two attached hydrogens (primary N) is 1. The van der Waals surface area contributed by atoms with Crippen LogP contribution in [0, 0.1) is 5.92 Å². The van der Waals surface area contributed by atoms with Gasteiger partial charge in [0.25, 0.3) is 5.91 Å². The predicted octanol–water partition coefficient (Wildman–Crippen LogP) is 3.02. The Morgan fingerprint density at radius 1 is 1.10 bits per heavy atom. The molecule has 4 nitrogen and oxygen atoms in total. The summed E-state index contributed by atoms with van der Waals surface area (Å²) in [5.41, 5.74) is 8.21. The third kappa shape index (κ3) is 2.38. The number of benzene rings is 1. The molecule has 2 N–H and O–H groups in total. The molecule has 1 aliphatic rings. The van der Waals surface area contributed by atoms with Crippen molar-refractivity contribution in [2.24, 2.45) is 11.7 Å². The lowest BCUT2D eigenvalue weighted by Crippen LogP contribution is -2.21. The van der Waals surface area contributed by atoms with Crippen LogP contribution in [0.4, 0.5) is 0 Å². The van der Waals surface area contributed by atoms with Crippen LogP contribution < -0.4 is 5.73 Å². The van der Waals surface area contributed by atoms with Crippen molar-refractivity contribution in [2.75, 3.05) is 0 Å². The van der Waals surface area contributed by atoms with E-state index in [0.717, 1.165) is 35.5 Å². The summed E-state index contributed by atoms with van der Waals surface area (Å²) in [6, 6.07) is 7.63. The van der Waals surface area contributed by atoms with Crippen molar-refractivity contribution < 1.29 is 4.79 Å². The highest BCUT2D eigenvalue weighted by Gasteiger charge is 2.26. The van der Waals surface area contributed by atoms with E-state index >= 15 is 0 Å². The molecule has 0 spiro atoms. The van der Waals surface area contributed by atoms with Crippen LogP contribution in [-0.2, 0) is 0 Å². The Kier molecular flexibility index (Phi) is 3.38. The van der Waals surface area contributed by atoms with Gasteiger partial charge in [0.2, 0.25) is 0 Å². The van der Waals surface area contributed by atoms with Crippen LogP contribution in [0.15, 0.2) is 24.3 Å². The van der Waals surface area contributed by atoms with Gasteiger partial charge in [-0.3, -0.25) is 4.79 Å². The van der Waals surface area contributed by atoms with Gasteiger partial charge in [-0.25, -0.2) is 9.97 Å². The number of primary amides is 1. The Labute approximate surface area is 118 Å². The summed E-state index contributed by atoms with van der Waals surface area (Å²) in [7, 11) is 0. The van der Waals surface area contributed by atoms with Gasteiger partial charge in [-0.05, 0) is 30.9 Å². The molecule has 4 heteroatoms. The fraction of sp³-hybridized carbons (Fsp3) is 0.438. The van der Waals surface area contributed by atoms with Crippen molar-refractivity contribution in [3.8, 4) is 0 Å². The first-order valence-electron chi connectivity index (χ1n) is 7.21. The lowest BCUT2D eigenvalue weighted by Gasteiger charge is -2.26. The van der Waals surface area contributed by atoms with E-state index in [9.17, 15) is 4.79 Å². The Morgan fingerprint density at radius 3 is 2.30 bits per heavy atom. The highest BCUT2D eigenvalue weighted by atomic mass is 16.1. The predicted molar refractivity (Wildman–Crippen MR) is 78.4 cm³/mol. The molecule has 1 aromatic carbocycles. The van der Waals surface area contributed by atoms with Gasteiger partial charge in [-0.1, -0.05) is 31.9 Å². The molecule has 0 aliphatic heterocycles. The Hall–Kier alpha value is -1.97. The summed E-state index contributed by atoms with van der Waals surface area (Å²) in [5, 5.41) is 0. The number of aromatic nitrogens is 2. The standard InChI is InChI=1S/C16H19N3O/c1-10-6-8-11(9-7-10)14-15(16(17)20)19-13-5-3-2-4-12(13)18-14/h2-5,10-11H,6-9H2,1H3,(H2,17,20). The van der Waals surface area contributed by atoms with E-state index < -0.39 is 5.91 Å². The lowest BCUT2D eigenvalue weighted by molar-refractivity contribution is 0.0993. The molecule has 0 bridgehead atoms. The van der Waals surface area contributed by atoms with Crippen molar-refractivity contribution in [1.29, 1.82) is 0 Å². The first-order valence-corrected chi connectivity index (χ1v) is 7.21. The average Bonchev–Trinajstić information content (AvgIpc) is 2.46. The molecule has 104 valence electrons. The Morgan fingerprint density at radius 2 is 1.70 bits per heavy atom. The number of hydrogen-bond acceptors (Lipinski definition) is 3. The number of carbonyl (C=O) groups excluding carboxylic acids is 1. The minimum Gasteiger partial charge on any atom is -0.364 e. The molecule has 1 heterocycles. The number of hydrogen-bond donors (Lipinski definition) is 1. The van der Waals surface area contributed by atoms with Gasteiger partial charge in [0, 0.05) is 5.92 Å². The fourth-order valence-electron chi connectivity index (χ4n) is 3.01. The zero-order valence-electron chi connectivity index (χ0n) is 11.7. The molecule has 2 aromatic rings. The normalized spacial score (nSPS) is 22.9. The van der Waals surface area contributed by atoms with E-state index in [1.807, 2.05) is 24.3 Å². The summed E-state index contributed by atoms with van der Waals surface area (Å²) in [4.78, 5) is 20.8. The fourth-order valence-corrected chi connectivity index (χ4v) is 3.01.